The van der Waals surface area contributed by atoms with Crippen molar-refractivity contribution >= 4 is 12.1 Å². The van der Waals surface area contributed by atoms with E-state index >= 15 is 0 Å². The van der Waals surface area contributed by atoms with Gasteiger partial charge in [0.1, 0.15) is 17.2 Å². The fourth-order valence-electron chi connectivity index (χ4n) is 2.36. The summed E-state index contributed by atoms with van der Waals surface area (Å²) < 4.78 is 11.3. The number of amides is 1. The van der Waals surface area contributed by atoms with Gasteiger partial charge in [-0.15, -0.1) is 0 Å². The third-order valence-corrected chi connectivity index (χ3v) is 3.69. The van der Waals surface area contributed by atoms with Crippen molar-refractivity contribution < 1.29 is 14.3 Å². The van der Waals surface area contributed by atoms with E-state index in [1.807, 2.05) is 85.8 Å². The lowest BCUT2D eigenvalue weighted by Crippen LogP contribution is -2.24. The molecular formula is C22H20N2O3. The Morgan fingerprint density at radius 3 is 2.52 bits per heavy atom. The van der Waals surface area contributed by atoms with Crippen LogP contribution in [0.2, 0.25) is 0 Å². The van der Waals surface area contributed by atoms with E-state index in [0.29, 0.717) is 11.5 Å². The molecule has 3 rings (SSSR count). The number of carbonyl (C=O) groups excluding carboxylic acids is 1. The molecule has 1 N–H and O–H groups in total. The first kappa shape index (κ1) is 18.2. The summed E-state index contributed by atoms with van der Waals surface area (Å²) in [6, 6.07) is 24.5. The lowest BCUT2D eigenvalue weighted by Gasteiger charge is -2.07. The standard InChI is InChI=1S/C22H20N2O3/c1-17-8-5-6-13-21(17)26-16-22(25)24-23-15-18-9-7-12-20(14-18)27-19-10-3-2-4-11-19/h2-15H,16H2,1H3,(H,24,25)/b23-15+. The Kier molecular flexibility index (Phi) is 6.20. The van der Waals surface area contributed by atoms with E-state index in [-0.39, 0.29) is 12.5 Å². The molecule has 0 fully saturated rings. The molecule has 136 valence electrons. The summed E-state index contributed by atoms with van der Waals surface area (Å²) in [5.41, 5.74) is 4.24. The van der Waals surface area contributed by atoms with Crippen molar-refractivity contribution in [1.82, 2.24) is 5.43 Å². The maximum Gasteiger partial charge on any atom is 0.277 e. The lowest BCUT2D eigenvalue weighted by molar-refractivity contribution is -0.123. The maximum absolute atomic E-state index is 11.9. The van der Waals surface area contributed by atoms with Gasteiger partial charge >= 0.3 is 0 Å². The van der Waals surface area contributed by atoms with Gasteiger partial charge in [-0.05, 0) is 48.4 Å². The van der Waals surface area contributed by atoms with Crippen molar-refractivity contribution in [2.75, 3.05) is 6.61 Å². The molecule has 3 aromatic rings. The molecule has 0 saturated heterocycles. The zero-order valence-corrected chi connectivity index (χ0v) is 15.0. The third-order valence-electron chi connectivity index (χ3n) is 3.69. The number of hydrazone groups is 1. The molecular weight excluding hydrogens is 340 g/mol. The highest BCUT2D eigenvalue weighted by molar-refractivity contribution is 5.83. The number of nitrogens with zero attached hydrogens (tertiary/aromatic N) is 1. The van der Waals surface area contributed by atoms with Crippen molar-refractivity contribution in [1.29, 1.82) is 0 Å². The van der Waals surface area contributed by atoms with Gasteiger partial charge in [-0.2, -0.15) is 5.10 Å². The minimum atomic E-state index is -0.328. The predicted molar refractivity (Wildman–Crippen MR) is 105 cm³/mol. The monoisotopic (exact) mass is 360 g/mol. The molecule has 0 saturated carbocycles. The fraction of sp³-hybridized carbons (Fsp3) is 0.0909. The van der Waals surface area contributed by atoms with Crippen LogP contribution in [-0.4, -0.2) is 18.7 Å². The molecule has 27 heavy (non-hydrogen) atoms. The van der Waals surface area contributed by atoms with E-state index in [4.69, 9.17) is 9.47 Å². The van der Waals surface area contributed by atoms with E-state index in [1.165, 1.54) is 0 Å². The summed E-state index contributed by atoms with van der Waals surface area (Å²) in [4.78, 5) is 11.9. The van der Waals surface area contributed by atoms with Gasteiger partial charge < -0.3 is 9.47 Å². The first-order valence-electron chi connectivity index (χ1n) is 8.54. The minimum Gasteiger partial charge on any atom is -0.483 e. The topological polar surface area (TPSA) is 59.9 Å². The number of nitrogens with one attached hydrogen (secondary N) is 1. The molecule has 5 nitrogen and oxygen atoms in total. The minimum absolute atomic E-state index is 0.0979. The van der Waals surface area contributed by atoms with Gasteiger partial charge in [-0.1, -0.05) is 48.5 Å². The Hall–Kier alpha value is -3.60. The summed E-state index contributed by atoms with van der Waals surface area (Å²) >= 11 is 0. The van der Waals surface area contributed by atoms with Gasteiger partial charge in [-0.3, -0.25) is 4.79 Å². The number of aryl methyl sites for hydroxylation is 1. The molecule has 0 aliphatic rings. The Morgan fingerprint density at radius 2 is 1.70 bits per heavy atom. The van der Waals surface area contributed by atoms with Crippen LogP contribution >= 0.6 is 0 Å². The highest BCUT2D eigenvalue weighted by Gasteiger charge is 2.03. The summed E-state index contributed by atoms with van der Waals surface area (Å²) in [5.74, 6) is 1.81. The number of para-hydroxylation sites is 2. The average molecular weight is 360 g/mol. The summed E-state index contributed by atoms with van der Waals surface area (Å²) in [6.45, 7) is 1.83. The number of hydrogen-bond acceptors (Lipinski definition) is 4. The first-order chi connectivity index (χ1) is 13.2. The molecule has 0 aromatic heterocycles. The Labute approximate surface area is 158 Å². The smallest absolute Gasteiger partial charge is 0.277 e. The second kappa shape index (κ2) is 9.20. The summed E-state index contributed by atoms with van der Waals surface area (Å²) in [6.07, 6.45) is 1.56. The van der Waals surface area contributed by atoms with Crippen LogP contribution < -0.4 is 14.9 Å². The summed E-state index contributed by atoms with van der Waals surface area (Å²) in [7, 11) is 0. The van der Waals surface area contributed by atoms with Crippen LogP contribution in [0, 0.1) is 6.92 Å². The van der Waals surface area contributed by atoms with E-state index in [1.54, 1.807) is 6.21 Å². The molecule has 0 heterocycles. The van der Waals surface area contributed by atoms with E-state index in [9.17, 15) is 4.79 Å². The van der Waals surface area contributed by atoms with Crippen molar-refractivity contribution in [2.45, 2.75) is 6.92 Å². The Morgan fingerprint density at radius 1 is 0.963 bits per heavy atom. The molecule has 3 aromatic carbocycles. The SMILES string of the molecule is Cc1ccccc1OCC(=O)N/N=C/c1cccc(Oc2ccccc2)c1. The van der Waals surface area contributed by atoms with Crippen molar-refractivity contribution in [2.24, 2.45) is 5.10 Å². The quantitative estimate of drug-likeness (QED) is 0.504. The van der Waals surface area contributed by atoms with Gasteiger partial charge in [0.05, 0.1) is 6.21 Å². The molecule has 5 heteroatoms. The largest absolute Gasteiger partial charge is 0.483 e. The highest BCUT2D eigenvalue weighted by Crippen LogP contribution is 2.21. The van der Waals surface area contributed by atoms with Crippen LogP contribution in [0.1, 0.15) is 11.1 Å². The molecule has 0 aliphatic carbocycles. The zero-order valence-electron chi connectivity index (χ0n) is 15.0. The van der Waals surface area contributed by atoms with Crippen molar-refractivity contribution in [3.63, 3.8) is 0 Å². The third kappa shape index (κ3) is 5.71. The molecule has 1 amide bonds. The van der Waals surface area contributed by atoms with Crippen LogP contribution in [0.15, 0.2) is 84.0 Å². The van der Waals surface area contributed by atoms with Crippen molar-refractivity contribution in [3.05, 3.63) is 90.0 Å². The summed E-state index contributed by atoms with van der Waals surface area (Å²) in [5, 5.41) is 3.96. The van der Waals surface area contributed by atoms with Crippen molar-refractivity contribution in [3.8, 4) is 17.2 Å². The van der Waals surface area contributed by atoms with Crippen LogP contribution in [0.5, 0.6) is 17.2 Å². The second-order valence-corrected chi connectivity index (χ2v) is 5.83. The van der Waals surface area contributed by atoms with E-state index in [2.05, 4.69) is 10.5 Å². The molecule has 0 unspecified atom stereocenters. The van der Waals surface area contributed by atoms with Gasteiger partial charge in [-0.25, -0.2) is 5.43 Å². The second-order valence-electron chi connectivity index (χ2n) is 5.83. The van der Waals surface area contributed by atoms with Crippen LogP contribution in [-0.2, 0) is 4.79 Å². The van der Waals surface area contributed by atoms with Gasteiger partial charge in [0, 0.05) is 0 Å². The van der Waals surface area contributed by atoms with Gasteiger partial charge in [0.25, 0.3) is 5.91 Å². The normalized spacial score (nSPS) is 10.6. The Balaban J connectivity index is 1.51. The average Bonchev–Trinajstić information content (AvgIpc) is 2.68. The van der Waals surface area contributed by atoms with Crippen LogP contribution in [0.3, 0.4) is 0 Å². The molecule has 0 bridgehead atoms. The molecule has 0 aliphatic heterocycles. The first-order valence-corrected chi connectivity index (χ1v) is 8.54. The van der Waals surface area contributed by atoms with E-state index < -0.39 is 0 Å². The highest BCUT2D eigenvalue weighted by atomic mass is 16.5. The number of hydrogen-bond donors (Lipinski definition) is 1. The molecule has 0 radical (unpaired) electrons. The zero-order chi connectivity index (χ0) is 18.9. The lowest BCUT2D eigenvalue weighted by atomic mass is 10.2. The number of rotatable bonds is 7. The number of ether oxygens (including phenoxy) is 2. The van der Waals surface area contributed by atoms with Gasteiger partial charge in [0.15, 0.2) is 6.61 Å². The molecule has 0 atom stereocenters. The number of carbonyl (C=O) groups is 1. The van der Waals surface area contributed by atoms with Crippen LogP contribution in [0.4, 0.5) is 0 Å². The van der Waals surface area contributed by atoms with Gasteiger partial charge in [0.2, 0.25) is 0 Å². The number of benzene rings is 3. The Bertz CT molecular complexity index is 924. The van der Waals surface area contributed by atoms with Crippen LogP contribution in [0.25, 0.3) is 0 Å². The maximum atomic E-state index is 11.9. The predicted octanol–water partition coefficient (Wildman–Crippen LogP) is 4.32. The van der Waals surface area contributed by atoms with E-state index in [0.717, 1.165) is 16.9 Å². The fourth-order valence-corrected chi connectivity index (χ4v) is 2.36. The molecule has 0 spiro atoms.